The fraction of sp³-hybridized carbons (Fsp3) is 0.200. The highest BCUT2D eigenvalue weighted by Crippen LogP contribution is 2.59. The summed E-state index contributed by atoms with van der Waals surface area (Å²) in [6.07, 6.45) is 0. The molecule has 0 N–H and O–H groups in total. The molecule has 12 aromatic rings. The highest BCUT2D eigenvalue weighted by Gasteiger charge is 2.34. The van der Waals surface area contributed by atoms with Crippen molar-refractivity contribution in [2.24, 2.45) is 0 Å². The van der Waals surface area contributed by atoms with Gasteiger partial charge in [0.25, 0.3) is 0 Å². The molecule has 2 heterocycles. The van der Waals surface area contributed by atoms with E-state index in [9.17, 15) is 0 Å². The second-order valence-electron chi connectivity index (χ2n) is 23.1. The maximum Gasteiger partial charge on any atom is 0.159 e. The molecule has 0 atom stereocenters. The van der Waals surface area contributed by atoms with Crippen molar-refractivity contribution in [3.05, 3.63) is 202 Å². The van der Waals surface area contributed by atoms with E-state index in [0.29, 0.717) is 0 Å². The van der Waals surface area contributed by atoms with Gasteiger partial charge in [-0.05, 0) is 178 Å². The van der Waals surface area contributed by atoms with Crippen LogP contribution >= 0.6 is 0 Å². The Kier molecular flexibility index (Phi) is 10.0. The molecule has 74 heavy (non-hydrogen) atoms. The molecule has 0 aliphatic heterocycles. The Morgan fingerprint density at radius 2 is 0.622 bits per heavy atom. The highest BCUT2D eigenvalue weighted by atomic mass is 16.3. The third kappa shape index (κ3) is 6.59. The summed E-state index contributed by atoms with van der Waals surface area (Å²) in [7, 11) is 0. The summed E-state index contributed by atoms with van der Waals surface area (Å²) in [6.45, 7) is 27.3. The Balaban J connectivity index is 0.973. The molecule has 0 radical (unpaired) electrons. The summed E-state index contributed by atoms with van der Waals surface area (Å²) in [5.74, 6) is 0. The topological polar surface area (TPSA) is 32.8 Å². The van der Waals surface area contributed by atoms with Crippen molar-refractivity contribution in [2.45, 2.75) is 93.9 Å². The molecule has 0 amide bonds. The normalized spacial score (nSPS) is 12.6. The fourth-order valence-corrected chi connectivity index (χ4v) is 12.7. The van der Waals surface area contributed by atoms with Gasteiger partial charge < -0.3 is 18.6 Å². The van der Waals surface area contributed by atoms with Gasteiger partial charge in [0.1, 0.15) is 11.2 Å². The van der Waals surface area contributed by atoms with E-state index in [1.165, 1.54) is 88.3 Å². The van der Waals surface area contributed by atoms with Crippen molar-refractivity contribution < 1.29 is 8.83 Å². The van der Waals surface area contributed by atoms with Crippen LogP contribution in [0.3, 0.4) is 0 Å². The van der Waals surface area contributed by atoms with Crippen LogP contribution in [-0.4, -0.2) is 0 Å². The zero-order chi connectivity index (χ0) is 51.3. The monoisotopic (exact) mass is 962 g/mol. The highest BCUT2D eigenvalue weighted by molar-refractivity contribution is 6.20. The number of para-hydroxylation sites is 6. The van der Waals surface area contributed by atoms with Crippen LogP contribution in [-0.2, 0) is 10.8 Å². The molecular weight excluding hydrogens is 901 g/mol. The second-order valence-corrected chi connectivity index (χ2v) is 23.1. The summed E-state index contributed by atoms with van der Waals surface area (Å²) >= 11 is 0. The molecule has 0 unspecified atom stereocenters. The first-order chi connectivity index (χ1) is 35.5. The zero-order valence-electron chi connectivity index (χ0n) is 44.7. The van der Waals surface area contributed by atoms with Gasteiger partial charge in [-0.1, -0.05) is 151 Å². The minimum atomic E-state index is -0.0736. The quantitative estimate of drug-likeness (QED) is 0.166. The number of hydrogen-bond donors (Lipinski definition) is 0. The molecule has 1 aliphatic rings. The maximum absolute atomic E-state index is 7.04. The molecular formula is C70H62N2O2. The van der Waals surface area contributed by atoms with Crippen LogP contribution in [0.5, 0.6) is 0 Å². The number of benzene rings is 10. The number of anilines is 6. The van der Waals surface area contributed by atoms with Crippen molar-refractivity contribution in [1.82, 2.24) is 0 Å². The molecule has 364 valence electrons. The van der Waals surface area contributed by atoms with Crippen LogP contribution in [0.4, 0.5) is 34.1 Å². The van der Waals surface area contributed by atoms with Crippen molar-refractivity contribution in [1.29, 1.82) is 0 Å². The molecule has 4 heteroatoms. The van der Waals surface area contributed by atoms with Crippen molar-refractivity contribution >= 4 is 99.5 Å². The average Bonchev–Trinajstić information content (AvgIpc) is 3.96. The average molecular weight is 963 g/mol. The summed E-state index contributed by atoms with van der Waals surface area (Å²) < 4.78 is 14.1. The lowest BCUT2D eigenvalue weighted by molar-refractivity contribution is 0.572. The van der Waals surface area contributed by atoms with E-state index in [0.717, 1.165) is 78.0 Å². The second kappa shape index (κ2) is 16.2. The molecule has 0 bridgehead atoms. The summed E-state index contributed by atoms with van der Waals surface area (Å²) in [5, 5.41) is 9.64. The molecule has 10 aromatic carbocycles. The molecule has 1 aliphatic carbocycles. The lowest BCUT2D eigenvalue weighted by atomic mass is 9.69. The smallest absolute Gasteiger partial charge is 0.159 e. The molecule has 2 aromatic heterocycles. The Hall–Kier alpha value is -8.08. The van der Waals surface area contributed by atoms with Crippen molar-refractivity contribution in [2.75, 3.05) is 9.80 Å². The summed E-state index contributed by atoms with van der Waals surface area (Å²) in [4.78, 5) is 4.83. The van der Waals surface area contributed by atoms with Crippen LogP contribution in [0.2, 0.25) is 0 Å². The van der Waals surface area contributed by atoms with Gasteiger partial charge in [0.2, 0.25) is 0 Å². The van der Waals surface area contributed by atoms with Gasteiger partial charge >= 0.3 is 0 Å². The predicted molar refractivity (Wildman–Crippen MR) is 316 cm³/mol. The Bertz CT molecular complexity index is 4060. The van der Waals surface area contributed by atoms with Crippen molar-refractivity contribution in [3.8, 4) is 22.3 Å². The number of fused-ring (bicyclic) bond motifs is 12. The summed E-state index contributed by atoms with van der Waals surface area (Å²) in [5.41, 5.74) is 25.6. The largest absolute Gasteiger partial charge is 0.454 e. The number of aryl methyl sites for hydroxylation is 6. The van der Waals surface area contributed by atoms with E-state index in [1.54, 1.807) is 0 Å². The molecule has 0 spiro atoms. The fourth-order valence-electron chi connectivity index (χ4n) is 12.7. The van der Waals surface area contributed by atoms with Gasteiger partial charge in [0.05, 0.1) is 11.4 Å². The number of nitrogens with zero attached hydrogens (tertiary/aromatic N) is 2. The summed E-state index contributed by atoms with van der Waals surface area (Å²) in [6, 6.07) is 58.0. The van der Waals surface area contributed by atoms with Crippen LogP contribution in [0.1, 0.15) is 86.1 Å². The van der Waals surface area contributed by atoms with Crippen LogP contribution in [0.25, 0.3) is 87.7 Å². The minimum Gasteiger partial charge on any atom is -0.454 e. The lowest BCUT2D eigenvalue weighted by Gasteiger charge is -2.35. The molecule has 4 nitrogen and oxygen atoms in total. The van der Waals surface area contributed by atoms with E-state index >= 15 is 0 Å². The molecule has 0 saturated heterocycles. The first-order valence-corrected chi connectivity index (χ1v) is 26.3. The Morgan fingerprint density at radius 1 is 0.297 bits per heavy atom. The van der Waals surface area contributed by atoms with Gasteiger partial charge in [-0.15, -0.1) is 0 Å². The Morgan fingerprint density at radius 3 is 0.986 bits per heavy atom. The van der Waals surface area contributed by atoms with E-state index in [1.807, 2.05) is 0 Å². The standard InChI is InChI=1S/C70H62N2O2/c1-39-21-13-15-29-57(39)71(59-31-19-25-51-49-23-17-27-55(69(7,8)9)65(49)73-67(51)59)45-33-35-47-41(3)61-63(43(5)53(47)37-45)62-42(4)48-36-34-46(38-54(48)44(6)64(61)62)72(58-30-16-14-22-40(58)2)60-32-20-26-52-50-24-18-28-56(70(10,11)12)66(50)74-68(52)60/h13-38H,1-12H3. The van der Waals surface area contributed by atoms with E-state index in [2.05, 4.69) is 251 Å². The SMILES string of the molecule is Cc1ccccc1N(c1ccc2c(C)c3c(c(C)c2c1)-c1c-3c(C)c2cc(N(c3ccccc3C)c3cccc4c3oc3c(C(C)(C)C)cccc34)ccc2c1C)c1cccc2c1oc1c(C(C)(C)C)cccc12. The number of hydrogen-bond acceptors (Lipinski definition) is 4. The maximum atomic E-state index is 7.04. The third-order valence-electron chi connectivity index (χ3n) is 16.5. The van der Waals surface area contributed by atoms with Gasteiger partial charge in [-0.2, -0.15) is 0 Å². The Labute approximate surface area is 434 Å². The zero-order valence-corrected chi connectivity index (χ0v) is 44.7. The van der Waals surface area contributed by atoms with Crippen LogP contribution < -0.4 is 9.80 Å². The molecule has 0 fully saturated rings. The molecule has 13 rings (SSSR count). The van der Waals surface area contributed by atoms with E-state index in [4.69, 9.17) is 8.83 Å². The van der Waals surface area contributed by atoms with Gasteiger partial charge in [0.15, 0.2) is 11.2 Å². The van der Waals surface area contributed by atoms with Gasteiger partial charge in [-0.25, -0.2) is 0 Å². The first-order valence-electron chi connectivity index (χ1n) is 26.3. The lowest BCUT2D eigenvalue weighted by Crippen LogP contribution is -2.13. The third-order valence-corrected chi connectivity index (χ3v) is 16.5. The van der Waals surface area contributed by atoms with E-state index in [-0.39, 0.29) is 10.8 Å². The first kappa shape index (κ1) is 45.8. The minimum absolute atomic E-state index is 0.0736. The van der Waals surface area contributed by atoms with Crippen LogP contribution in [0, 0.1) is 41.5 Å². The van der Waals surface area contributed by atoms with Crippen molar-refractivity contribution in [3.63, 3.8) is 0 Å². The predicted octanol–water partition coefficient (Wildman–Crippen LogP) is 20.8. The van der Waals surface area contributed by atoms with E-state index < -0.39 is 0 Å². The number of rotatable bonds is 6. The number of furan rings is 2. The van der Waals surface area contributed by atoms with Crippen LogP contribution in [0.15, 0.2) is 167 Å². The van der Waals surface area contributed by atoms with Gasteiger partial charge in [-0.3, -0.25) is 0 Å². The van der Waals surface area contributed by atoms with Gasteiger partial charge in [0, 0.05) is 55.4 Å². The molecule has 0 saturated carbocycles.